The van der Waals surface area contributed by atoms with E-state index in [4.69, 9.17) is 4.74 Å². The van der Waals surface area contributed by atoms with Crippen molar-refractivity contribution in [3.63, 3.8) is 0 Å². The average Bonchev–Trinajstić information content (AvgIpc) is 2.64. The maximum absolute atomic E-state index is 5.97. The average molecular weight is 334 g/mol. The van der Waals surface area contributed by atoms with Crippen LogP contribution in [-0.4, -0.2) is 16.0 Å². The van der Waals surface area contributed by atoms with Gasteiger partial charge in [-0.1, -0.05) is 37.3 Å². The van der Waals surface area contributed by atoms with Crippen molar-refractivity contribution in [1.82, 2.24) is 9.97 Å². The Bertz CT molecular complexity index is 808. The van der Waals surface area contributed by atoms with Gasteiger partial charge in [-0.15, -0.1) is 0 Å². The lowest BCUT2D eigenvalue weighted by Crippen LogP contribution is -2.14. The standard InChI is InChI=1S/C20H22N4O/c1-3-15(2)23-19-13-20(22-14-21-19)24-17-11-7-8-12-18(17)25-16-9-5-4-6-10-16/h4-15H,3H2,1-2H3,(H2,21,22,23,24). The fraction of sp³-hybridized carbons (Fsp3) is 0.200. The van der Waals surface area contributed by atoms with Gasteiger partial charge in [-0.25, -0.2) is 9.97 Å². The van der Waals surface area contributed by atoms with E-state index >= 15 is 0 Å². The molecule has 0 aliphatic heterocycles. The third-order valence-corrected chi connectivity index (χ3v) is 3.79. The van der Waals surface area contributed by atoms with Crippen LogP contribution in [-0.2, 0) is 0 Å². The van der Waals surface area contributed by atoms with Crippen LogP contribution in [0.5, 0.6) is 11.5 Å². The fourth-order valence-electron chi connectivity index (χ4n) is 2.27. The van der Waals surface area contributed by atoms with Crippen LogP contribution in [0.15, 0.2) is 67.0 Å². The van der Waals surface area contributed by atoms with Crippen LogP contribution >= 0.6 is 0 Å². The zero-order chi connectivity index (χ0) is 17.5. The van der Waals surface area contributed by atoms with E-state index in [-0.39, 0.29) is 0 Å². The Hall–Kier alpha value is -3.08. The minimum atomic E-state index is 0.358. The van der Waals surface area contributed by atoms with Crippen LogP contribution in [0.1, 0.15) is 20.3 Å². The van der Waals surface area contributed by atoms with E-state index < -0.39 is 0 Å². The molecule has 0 saturated carbocycles. The monoisotopic (exact) mass is 334 g/mol. The van der Waals surface area contributed by atoms with Gasteiger partial charge in [0.25, 0.3) is 0 Å². The molecule has 0 radical (unpaired) electrons. The van der Waals surface area contributed by atoms with Crippen molar-refractivity contribution in [1.29, 1.82) is 0 Å². The summed E-state index contributed by atoms with van der Waals surface area (Å²) in [6.45, 7) is 4.26. The molecule has 1 aromatic heterocycles. The Kier molecular flexibility index (Phi) is 5.46. The highest BCUT2D eigenvalue weighted by Crippen LogP contribution is 2.31. The van der Waals surface area contributed by atoms with Crippen molar-refractivity contribution < 1.29 is 4.74 Å². The van der Waals surface area contributed by atoms with Crippen LogP contribution in [0, 0.1) is 0 Å². The zero-order valence-corrected chi connectivity index (χ0v) is 14.4. The summed E-state index contributed by atoms with van der Waals surface area (Å²) in [5.41, 5.74) is 0.847. The van der Waals surface area contributed by atoms with Gasteiger partial charge in [0.2, 0.25) is 0 Å². The third-order valence-electron chi connectivity index (χ3n) is 3.79. The van der Waals surface area contributed by atoms with Crippen LogP contribution in [0.4, 0.5) is 17.3 Å². The summed E-state index contributed by atoms with van der Waals surface area (Å²) in [6.07, 6.45) is 2.58. The maximum Gasteiger partial charge on any atom is 0.150 e. The number of ether oxygens (including phenoxy) is 1. The van der Waals surface area contributed by atoms with Crippen molar-refractivity contribution in [3.05, 3.63) is 67.0 Å². The predicted octanol–water partition coefficient (Wildman–Crippen LogP) is 5.22. The molecule has 0 aliphatic rings. The van der Waals surface area contributed by atoms with Gasteiger partial charge in [0, 0.05) is 12.1 Å². The van der Waals surface area contributed by atoms with E-state index in [9.17, 15) is 0 Å². The molecule has 5 heteroatoms. The number of benzene rings is 2. The number of hydrogen-bond donors (Lipinski definition) is 2. The van der Waals surface area contributed by atoms with Crippen LogP contribution in [0.2, 0.25) is 0 Å². The molecule has 0 saturated heterocycles. The van der Waals surface area contributed by atoms with E-state index in [1.54, 1.807) is 6.33 Å². The molecule has 2 N–H and O–H groups in total. The minimum absolute atomic E-state index is 0.358. The number of para-hydroxylation sites is 3. The van der Waals surface area contributed by atoms with Crippen LogP contribution in [0.25, 0.3) is 0 Å². The Morgan fingerprint density at radius 3 is 2.48 bits per heavy atom. The van der Waals surface area contributed by atoms with Crippen molar-refractivity contribution >= 4 is 17.3 Å². The molecule has 2 aromatic carbocycles. The number of nitrogens with one attached hydrogen (secondary N) is 2. The number of nitrogens with zero attached hydrogens (tertiary/aromatic N) is 2. The van der Waals surface area contributed by atoms with E-state index in [2.05, 4.69) is 34.4 Å². The van der Waals surface area contributed by atoms with Gasteiger partial charge in [0.05, 0.1) is 5.69 Å². The second kappa shape index (κ2) is 8.15. The second-order valence-electron chi connectivity index (χ2n) is 5.78. The van der Waals surface area contributed by atoms with Gasteiger partial charge in [0.15, 0.2) is 5.75 Å². The Balaban J connectivity index is 1.78. The molecule has 128 valence electrons. The predicted molar refractivity (Wildman–Crippen MR) is 102 cm³/mol. The quantitative estimate of drug-likeness (QED) is 0.620. The highest BCUT2D eigenvalue weighted by Gasteiger charge is 2.07. The Morgan fingerprint density at radius 1 is 0.960 bits per heavy atom. The Morgan fingerprint density at radius 2 is 1.68 bits per heavy atom. The van der Waals surface area contributed by atoms with Crippen LogP contribution in [0.3, 0.4) is 0 Å². The SMILES string of the molecule is CCC(C)Nc1cc(Nc2ccccc2Oc2ccccc2)ncn1. The normalized spacial score (nSPS) is 11.6. The molecule has 0 spiro atoms. The molecule has 0 fully saturated rings. The molecular weight excluding hydrogens is 312 g/mol. The second-order valence-corrected chi connectivity index (χ2v) is 5.78. The molecule has 3 rings (SSSR count). The summed E-state index contributed by atoms with van der Waals surface area (Å²) in [6, 6.07) is 19.7. The summed E-state index contributed by atoms with van der Waals surface area (Å²) >= 11 is 0. The van der Waals surface area contributed by atoms with Crippen molar-refractivity contribution in [2.75, 3.05) is 10.6 Å². The largest absolute Gasteiger partial charge is 0.455 e. The lowest BCUT2D eigenvalue weighted by atomic mass is 10.2. The summed E-state index contributed by atoms with van der Waals surface area (Å²) < 4.78 is 5.97. The first kappa shape index (κ1) is 16.8. The highest BCUT2D eigenvalue weighted by molar-refractivity contribution is 5.66. The highest BCUT2D eigenvalue weighted by atomic mass is 16.5. The van der Waals surface area contributed by atoms with Gasteiger partial charge in [-0.3, -0.25) is 0 Å². The molecule has 1 unspecified atom stereocenters. The van der Waals surface area contributed by atoms with E-state index in [1.807, 2.05) is 60.7 Å². The van der Waals surface area contributed by atoms with Crippen molar-refractivity contribution in [3.8, 4) is 11.5 Å². The topological polar surface area (TPSA) is 59.1 Å². The van der Waals surface area contributed by atoms with Crippen molar-refractivity contribution in [2.24, 2.45) is 0 Å². The first-order valence-corrected chi connectivity index (χ1v) is 8.42. The molecule has 0 bridgehead atoms. The molecule has 25 heavy (non-hydrogen) atoms. The summed E-state index contributed by atoms with van der Waals surface area (Å²) in [7, 11) is 0. The van der Waals surface area contributed by atoms with Gasteiger partial charge in [-0.2, -0.15) is 0 Å². The molecule has 1 heterocycles. The van der Waals surface area contributed by atoms with Crippen molar-refractivity contribution in [2.45, 2.75) is 26.3 Å². The number of rotatable bonds is 7. The molecule has 3 aromatic rings. The smallest absolute Gasteiger partial charge is 0.150 e. The molecule has 5 nitrogen and oxygen atoms in total. The van der Waals surface area contributed by atoms with E-state index in [0.29, 0.717) is 11.9 Å². The lowest BCUT2D eigenvalue weighted by molar-refractivity contribution is 0.485. The van der Waals surface area contributed by atoms with Crippen LogP contribution < -0.4 is 15.4 Å². The number of aromatic nitrogens is 2. The maximum atomic E-state index is 5.97. The van der Waals surface area contributed by atoms with E-state index in [0.717, 1.165) is 29.4 Å². The van der Waals surface area contributed by atoms with Gasteiger partial charge < -0.3 is 15.4 Å². The summed E-state index contributed by atoms with van der Waals surface area (Å²) in [5.74, 6) is 3.04. The molecule has 1 atom stereocenters. The van der Waals surface area contributed by atoms with E-state index in [1.165, 1.54) is 0 Å². The van der Waals surface area contributed by atoms with Gasteiger partial charge >= 0.3 is 0 Å². The summed E-state index contributed by atoms with van der Waals surface area (Å²) in [5, 5.41) is 6.66. The molecule has 0 aliphatic carbocycles. The lowest BCUT2D eigenvalue weighted by Gasteiger charge is -2.14. The third kappa shape index (κ3) is 4.70. The van der Waals surface area contributed by atoms with Gasteiger partial charge in [-0.05, 0) is 37.6 Å². The summed E-state index contributed by atoms with van der Waals surface area (Å²) in [4.78, 5) is 8.56. The number of anilines is 3. The first-order chi connectivity index (χ1) is 12.2. The Labute approximate surface area is 148 Å². The molecule has 0 amide bonds. The van der Waals surface area contributed by atoms with Gasteiger partial charge in [0.1, 0.15) is 23.7 Å². The zero-order valence-electron chi connectivity index (χ0n) is 14.4. The molecular formula is C20H22N4O. The first-order valence-electron chi connectivity index (χ1n) is 8.42. The fourth-order valence-corrected chi connectivity index (χ4v) is 2.27. The minimum Gasteiger partial charge on any atom is -0.455 e. The number of hydrogen-bond acceptors (Lipinski definition) is 5.